The van der Waals surface area contributed by atoms with Gasteiger partial charge in [-0.15, -0.1) is 0 Å². The molecule has 1 aliphatic heterocycles. The molecular formula is C16H23N5O2S. The van der Waals surface area contributed by atoms with E-state index in [0.717, 1.165) is 38.4 Å². The van der Waals surface area contributed by atoms with E-state index < -0.39 is 10.0 Å². The van der Waals surface area contributed by atoms with Crippen molar-refractivity contribution >= 4 is 10.0 Å². The van der Waals surface area contributed by atoms with Crippen molar-refractivity contribution in [2.24, 2.45) is 0 Å². The lowest BCUT2D eigenvalue weighted by Crippen LogP contribution is -2.49. The zero-order valence-corrected chi connectivity index (χ0v) is 14.7. The van der Waals surface area contributed by atoms with Gasteiger partial charge in [-0.05, 0) is 12.1 Å². The van der Waals surface area contributed by atoms with Gasteiger partial charge in [-0.1, -0.05) is 6.92 Å². The standard InChI is InChI=1S/C16H23N5O2S/c1-2-16-18-6-7-20(16)11-8-19-9-12-21(13-10-19)24(22,23)15-4-3-5-17-14-15/h3-7,14H,2,8-13H2,1H3. The van der Waals surface area contributed by atoms with Crippen molar-refractivity contribution in [2.75, 3.05) is 32.7 Å². The van der Waals surface area contributed by atoms with Crippen molar-refractivity contribution < 1.29 is 8.42 Å². The lowest BCUT2D eigenvalue weighted by Gasteiger charge is -2.34. The van der Waals surface area contributed by atoms with Crippen LogP contribution in [-0.4, -0.2) is 64.9 Å². The Balaban J connectivity index is 1.54. The molecule has 130 valence electrons. The average Bonchev–Trinajstić information content (AvgIpc) is 3.08. The SMILES string of the molecule is CCc1nccn1CCN1CCN(S(=O)(=O)c2cccnc2)CC1. The summed E-state index contributed by atoms with van der Waals surface area (Å²) in [5.41, 5.74) is 0. The van der Waals surface area contributed by atoms with Crippen LogP contribution in [0.5, 0.6) is 0 Å². The number of aryl methyl sites for hydroxylation is 1. The summed E-state index contributed by atoms with van der Waals surface area (Å²) in [7, 11) is -3.43. The zero-order valence-electron chi connectivity index (χ0n) is 13.9. The molecule has 24 heavy (non-hydrogen) atoms. The minimum Gasteiger partial charge on any atom is -0.334 e. The minimum atomic E-state index is -3.43. The van der Waals surface area contributed by atoms with E-state index in [-0.39, 0.29) is 4.90 Å². The Labute approximate surface area is 143 Å². The fraction of sp³-hybridized carbons (Fsp3) is 0.500. The number of pyridine rings is 1. The van der Waals surface area contributed by atoms with Crippen molar-refractivity contribution in [3.05, 3.63) is 42.7 Å². The van der Waals surface area contributed by atoms with Crippen molar-refractivity contribution in [2.45, 2.75) is 24.8 Å². The van der Waals surface area contributed by atoms with Crippen molar-refractivity contribution in [1.82, 2.24) is 23.7 Å². The highest BCUT2D eigenvalue weighted by molar-refractivity contribution is 7.89. The van der Waals surface area contributed by atoms with Gasteiger partial charge in [0.1, 0.15) is 10.7 Å². The fourth-order valence-electron chi connectivity index (χ4n) is 2.95. The Kier molecular flexibility index (Phi) is 5.27. The molecule has 0 unspecified atom stereocenters. The first-order valence-electron chi connectivity index (χ1n) is 8.24. The molecule has 0 bridgehead atoms. The summed E-state index contributed by atoms with van der Waals surface area (Å²) < 4.78 is 28.9. The topological polar surface area (TPSA) is 71.3 Å². The Bertz CT molecular complexity index is 752. The predicted octanol–water partition coefficient (Wildman–Crippen LogP) is 0.847. The van der Waals surface area contributed by atoms with Gasteiger partial charge in [0.2, 0.25) is 10.0 Å². The van der Waals surface area contributed by atoms with Crippen LogP contribution in [0.4, 0.5) is 0 Å². The summed E-state index contributed by atoms with van der Waals surface area (Å²) in [5, 5.41) is 0. The molecule has 0 amide bonds. The van der Waals surface area contributed by atoms with Gasteiger partial charge in [-0.2, -0.15) is 4.31 Å². The van der Waals surface area contributed by atoms with Crippen LogP contribution in [0.15, 0.2) is 41.8 Å². The van der Waals surface area contributed by atoms with Crippen LogP contribution in [0.3, 0.4) is 0 Å². The van der Waals surface area contributed by atoms with E-state index in [0.29, 0.717) is 13.1 Å². The number of piperazine rings is 1. The highest BCUT2D eigenvalue weighted by Gasteiger charge is 2.28. The summed E-state index contributed by atoms with van der Waals surface area (Å²) in [6.45, 7) is 6.42. The molecule has 0 aliphatic carbocycles. The second-order valence-electron chi connectivity index (χ2n) is 5.82. The first-order valence-corrected chi connectivity index (χ1v) is 9.68. The Morgan fingerprint density at radius 3 is 2.58 bits per heavy atom. The van der Waals surface area contributed by atoms with Crippen molar-refractivity contribution in [3.8, 4) is 0 Å². The maximum Gasteiger partial charge on any atom is 0.244 e. The summed E-state index contributed by atoms with van der Waals surface area (Å²) in [6, 6.07) is 3.25. The lowest BCUT2D eigenvalue weighted by atomic mass is 10.3. The number of rotatable bonds is 6. The number of hydrogen-bond acceptors (Lipinski definition) is 5. The Morgan fingerprint density at radius 1 is 1.12 bits per heavy atom. The Morgan fingerprint density at radius 2 is 1.92 bits per heavy atom. The molecule has 1 saturated heterocycles. The van der Waals surface area contributed by atoms with E-state index in [9.17, 15) is 8.42 Å². The van der Waals surface area contributed by atoms with Crippen LogP contribution in [0.25, 0.3) is 0 Å². The summed E-state index contributed by atoms with van der Waals surface area (Å²) in [5.74, 6) is 1.09. The molecule has 0 spiro atoms. The van der Waals surface area contributed by atoms with E-state index >= 15 is 0 Å². The third-order valence-electron chi connectivity index (χ3n) is 4.38. The molecule has 0 saturated carbocycles. The molecule has 0 aromatic carbocycles. The second kappa shape index (κ2) is 7.42. The van der Waals surface area contributed by atoms with Gasteiger partial charge < -0.3 is 4.57 Å². The van der Waals surface area contributed by atoms with Crippen molar-refractivity contribution in [3.63, 3.8) is 0 Å². The smallest absolute Gasteiger partial charge is 0.244 e. The molecule has 7 nitrogen and oxygen atoms in total. The number of aromatic nitrogens is 3. The minimum absolute atomic E-state index is 0.268. The van der Waals surface area contributed by atoms with Crippen LogP contribution in [0.2, 0.25) is 0 Å². The molecule has 0 N–H and O–H groups in total. The molecule has 3 heterocycles. The van der Waals surface area contributed by atoms with Crippen LogP contribution >= 0.6 is 0 Å². The largest absolute Gasteiger partial charge is 0.334 e. The van der Waals surface area contributed by atoms with Gasteiger partial charge in [-0.3, -0.25) is 9.88 Å². The number of imidazole rings is 1. The number of nitrogens with zero attached hydrogens (tertiary/aromatic N) is 5. The highest BCUT2D eigenvalue weighted by Crippen LogP contribution is 2.16. The quantitative estimate of drug-likeness (QED) is 0.773. The molecule has 2 aromatic rings. The van der Waals surface area contributed by atoms with E-state index in [2.05, 4.69) is 26.4 Å². The molecule has 1 aliphatic rings. The van der Waals surface area contributed by atoms with Crippen LogP contribution in [0, 0.1) is 0 Å². The summed E-state index contributed by atoms with van der Waals surface area (Å²) in [6.07, 6.45) is 7.74. The van der Waals surface area contributed by atoms with E-state index in [1.165, 1.54) is 6.20 Å². The fourth-order valence-corrected chi connectivity index (χ4v) is 4.34. The molecule has 0 radical (unpaired) electrons. The molecule has 0 atom stereocenters. The molecule has 1 fully saturated rings. The van der Waals surface area contributed by atoms with Gasteiger partial charge in [0, 0.05) is 70.5 Å². The first kappa shape index (κ1) is 17.1. The third-order valence-corrected chi connectivity index (χ3v) is 6.26. The summed E-state index contributed by atoms with van der Waals surface area (Å²) in [4.78, 5) is 10.8. The van der Waals surface area contributed by atoms with Gasteiger partial charge in [0.05, 0.1) is 0 Å². The molecule has 2 aromatic heterocycles. The number of sulfonamides is 1. The van der Waals surface area contributed by atoms with E-state index in [1.807, 2.05) is 12.4 Å². The highest BCUT2D eigenvalue weighted by atomic mass is 32.2. The zero-order chi connectivity index (χ0) is 17.0. The van der Waals surface area contributed by atoms with Gasteiger partial charge in [-0.25, -0.2) is 13.4 Å². The van der Waals surface area contributed by atoms with Gasteiger partial charge >= 0.3 is 0 Å². The molecular weight excluding hydrogens is 326 g/mol. The van der Waals surface area contributed by atoms with E-state index in [4.69, 9.17) is 0 Å². The monoisotopic (exact) mass is 349 g/mol. The third kappa shape index (κ3) is 3.66. The normalized spacial score (nSPS) is 17.2. The van der Waals surface area contributed by atoms with Crippen LogP contribution < -0.4 is 0 Å². The van der Waals surface area contributed by atoms with Crippen LogP contribution in [-0.2, 0) is 23.0 Å². The second-order valence-corrected chi connectivity index (χ2v) is 7.76. The van der Waals surface area contributed by atoms with Crippen molar-refractivity contribution in [1.29, 1.82) is 0 Å². The van der Waals surface area contributed by atoms with Gasteiger partial charge in [0.25, 0.3) is 0 Å². The van der Waals surface area contributed by atoms with E-state index in [1.54, 1.807) is 22.6 Å². The molecule has 8 heteroatoms. The van der Waals surface area contributed by atoms with Gasteiger partial charge in [0.15, 0.2) is 0 Å². The average molecular weight is 349 g/mol. The number of hydrogen-bond donors (Lipinski definition) is 0. The first-order chi connectivity index (χ1) is 11.6. The molecule has 3 rings (SSSR count). The lowest BCUT2D eigenvalue weighted by molar-refractivity contribution is 0.182. The van der Waals surface area contributed by atoms with Crippen LogP contribution in [0.1, 0.15) is 12.7 Å². The predicted molar refractivity (Wildman–Crippen MR) is 91.0 cm³/mol. The maximum absolute atomic E-state index is 12.6. The summed E-state index contributed by atoms with van der Waals surface area (Å²) >= 11 is 0. The Hall–Kier alpha value is -1.77. The maximum atomic E-state index is 12.6.